The molecular weight excluding hydrogens is 288 g/mol. The first-order chi connectivity index (χ1) is 10.6. The summed E-state index contributed by atoms with van der Waals surface area (Å²) in [5, 5.41) is 22.1. The summed E-state index contributed by atoms with van der Waals surface area (Å²) < 4.78 is 2.68. The van der Waals surface area contributed by atoms with Gasteiger partial charge in [0.25, 0.3) is 11.2 Å². The lowest BCUT2D eigenvalue weighted by Gasteiger charge is -2.06. The number of rotatable bonds is 4. The third-order valence-corrected chi connectivity index (χ3v) is 3.03. The number of pyridine rings is 1. The highest BCUT2D eigenvalue weighted by atomic mass is 16.6. The minimum absolute atomic E-state index is 0.0302. The van der Waals surface area contributed by atoms with Gasteiger partial charge in [0, 0.05) is 12.1 Å². The summed E-state index contributed by atoms with van der Waals surface area (Å²) in [4.78, 5) is 22.1. The van der Waals surface area contributed by atoms with Crippen molar-refractivity contribution < 1.29 is 4.92 Å². The largest absolute Gasteiger partial charge is 0.301 e. The van der Waals surface area contributed by atoms with E-state index in [1.54, 1.807) is 0 Å². The van der Waals surface area contributed by atoms with Gasteiger partial charge in [-0.25, -0.2) is 0 Å². The molecule has 2 heterocycles. The van der Waals surface area contributed by atoms with Crippen molar-refractivity contribution in [3.8, 4) is 5.69 Å². The van der Waals surface area contributed by atoms with Crippen molar-refractivity contribution >= 4 is 5.69 Å². The summed E-state index contributed by atoms with van der Waals surface area (Å²) in [6.07, 6.45) is 1.17. The van der Waals surface area contributed by atoms with Gasteiger partial charge in [-0.15, -0.1) is 5.10 Å². The molecule has 0 saturated heterocycles. The summed E-state index contributed by atoms with van der Waals surface area (Å²) in [5.41, 5.74) is 0.201. The van der Waals surface area contributed by atoms with Gasteiger partial charge in [0.05, 0.1) is 23.4 Å². The summed E-state index contributed by atoms with van der Waals surface area (Å²) in [5.74, 6) is 0.397. The van der Waals surface area contributed by atoms with Crippen LogP contribution in [0.5, 0.6) is 0 Å². The third-order valence-electron chi connectivity index (χ3n) is 3.03. The van der Waals surface area contributed by atoms with Gasteiger partial charge < -0.3 is 4.57 Å². The number of benzene rings is 1. The molecule has 0 aliphatic rings. The van der Waals surface area contributed by atoms with Crippen LogP contribution in [-0.2, 0) is 6.54 Å². The predicted molar refractivity (Wildman–Crippen MR) is 75.6 cm³/mol. The van der Waals surface area contributed by atoms with E-state index in [0.717, 1.165) is 11.8 Å². The van der Waals surface area contributed by atoms with Gasteiger partial charge in [-0.05, 0) is 22.6 Å². The Hall–Kier alpha value is -3.36. The van der Waals surface area contributed by atoms with Crippen molar-refractivity contribution in [2.45, 2.75) is 6.54 Å². The van der Waals surface area contributed by atoms with Crippen LogP contribution in [0, 0.1) is 10.1 Å². The number of hydrogen-bond donors (Lipinski definition) is 0. The number of nitrogens with zero attached hydrogens (tertiary/aromatic N) is 6. The van der Waals surface area contributed by atoms with E-state index in [1.807, 2.05) is 30.3 Å². The Kier molecular flexibility index (Phi) is 3.44. The molecule has 22 heavy (non-hydrogen) atoms. The maximum absolute atomic E-state index is 11.8. The van der Waals surface area contributed by atoms with Crippen LogP contribution >= 0.6 is 0 Å². The second-order valence-corrected chi connectivity index (χ2v) is 4.45. The lowest BCUT2D eigenvalue weighted by molar-refractivity contribution is -0.385. The van der Waals surface area contributed by atoms with Crippen LogP contribution in [0.25, 0.3) is 5.69 Å². The quantitative estimate of drug-likeness (QED) is 0.520. The van der Waals surface area contributed by atoms with E-state index in [2.05, 4.69) is 15.5 Å². The van der Waals surface area contributed by atoms with Crippen LogP contribution in [0.15, 0.2) is 53.5 Å². The zero-order chi connectivity index (χ0) is 15.5. The minimum atomic E-state index is -0.559. The number of tetrazole rings is 1. The van der Waals surface area contributed by atoms with Crippen LogP contribution in [-0.4, -0.2) is 29.7 Å². The van der Waals surface area contributed by atoms with E-state index in [4.69, 9.17) is 0 Å². The van der Waals surface area contributed by atoms with E-state index in [9.17, 15) is 14.9 Å². The molecule has 0 amide bonds. The molecule has 0 atom stereocenters. The first kappa shape index (κ1) is 13.6. The zero-order valence-electron chi connectivity index (χ0n) is 11.2. The minimum Gasteiger partial charge on any atom is -0.301 e. The molecule has 0 unspecified atom stereocenters. The molecule has 3 aromatic rings. The van der Waals surface area contributed by atoms with Gasteiger partial charge in [0.15, 0.2) is 5.82 Å². The average molecular weight is 298 g/mol. The fraction of sp³-hybridized carbons (Fsp3) is 0.0769. The highest BCUT2D eigenvalue weighted by molar-refractivity contribution is 5.31. The highest BCUT2D eigenvalue weighted by Crippen LogP contribution is 2.10. The average Bonchev–Trinajstić information content (AvgIpc) is 2.98. The number of para-hydroxylation sites is 1. The van der Waals surface area contributed by atoms with E-state index < -0.39 is 4.92 Å². The molecule has 0 fully saturated rings. The van der Waals surface area contributed by atoms with Gasteiger partial charge >= 0.3 is 0 Å². The molecule has 0 N–H and O–H groups in total. The number of aromatic nitrogens is 5. The number of nitro groups is 1. The lowest BCUT2D eigenvalue weighted by atomic mass is 10.3. The van der Waals surface area contributed by atoms with Crippen molar-refractivity contribution in [1.82, 2.24) is 24.8 Å². The van der Waals surface area contributed by atoms with Crippen molar-refractivity contribution in [3.05, 3.63) is 75.0 Å². The van der Waals surface area contributed by atoms with Crippen LogP contribution < -0.4 is 5.56 Å². The Balaban J connectivity index is 1.99. The first-order valence-electron chi connectivity index (χ1n) is 6.33. The maximum Gasteiger partial charge on any atom is 0.285 e. The summed E-state index contributed by atoms with van der Waals surface area (Å²) in [7, 11) is 0. The summed E-state index contributed by atoms with van der Waals surface area (Å²) in [6.45, 7) is 0.0302. The van der Waals surface area contributed by atoms with Gasteiger partial charge in [0.1, 0.15) is 0 Å². The predicted octanol–water partition coefficient (Wildman–Crippen LogP) is 0.780. The molecule has 0 saturated carbocycles. The van der Waals surface area contributed by atoms with E-state index in [-0.39, 0.29) is 17.8 Å². The fourth-order valence-corrected chi connectivity index (χ4v) is 1.98. The normalized spacial score (nSPS) is 10.5. The smallest absolute Gasteiger partial charge is 0.285 e. The summed E-state index contributed by atoms with van der Waals surface area (Å²) in [6, 6.07) is 11.5. The van der Waals surface area contributed by atoms with Crippen LogP contribution in [0.1, 0.15) is 5.82 Å². The van der Waals surface area contributed by atoms with Gasteiger partial charge in [-0.3, -0.25) is 14.9 Å². The SMILES string of the molecule is O=c1ccc([N+](=O)[O-])cn1Cc1nnnn1-c1ccccc1. The van der Waals surface area contributed by atoms with E-state index >= 15 is 0 Å². The molecule has 3 rings (SSSR count). The Morgan fingerprint density at radius 3 is 2.64 bits per heavy atom. The fourth-order valence-electron chi connectivity index (χ4n) is 1.98. The highest BCUT2D eigenvalue weighted by Gasteiger charge is 2.12. The van der Waals surface area contributed by atoms with E-state index in [1.165, 1.54) is 21.5 Å². The van der Waals surface area contributed by atoms with Crippen LogP contribution in [0.3, 0.4) is 0 Å². The maximum atomic E-state index is 11.8. The van der Waals surface area contributed by atoms with Crippen LogP contribution in [0.2, 0.25) is 0 Å². The van der Waals surface area contributed by atoms with Crippen molar-refractivity contribution in [1.29, 1.82) is 0 Å². The molecule has 0 radical (unpaired) electrons. The topological polar surface area (TPSA) is 109 Å². The zero-order valence-corrected chi connectivity index (χ0v) is 11.2. The van der Waals surface area contributed by atoms with Crippen molar-refractivity contribution in [3.63, 3.8) is 0 Å². The molecule has 9 heteroatoms. The second kappa shape index (κ2) is 5.56. The van der Waals surface area contributed by atoms with Gasteiger partial charge in [0.2, 0.25) is 0 Å². The molecule has 0 bridgehead atoms. The summed E-state index contributed by atoms with van der Waals surface area (Å²) >= 11 is 0. The molecule has 0 aliphatic heterocycles. The Morgan fingerprint density at radius 1 is 1.14 bits per heavy atom. The Morgan fingerprint density at radius 2 is 1.91 bits per heavy atom. The Labute approximate surface area is 123 Å². The molecule has 2 aromatic heterocycles. The second-order valence-electron chi connectivity index (χ2n) is 4.45. The lowest BCUT2D eigenvalue weighted by Crippen LogP contribution is -2.21. The molecule has 1 aromatic carbocycles. The molecular formula is C13H10N6O3. The monoisotopic (exact) mass is 298 g/mol. The molecule has 0 spiro atoms. The molecule has 110 valence electrons. The number of hydrogen-bond acceptors (Lipinski definition) is 6. The van der Waals surface area contributed by atoms with Crippen LogP contribution in [0.4, 0.5) is 5.69 Å². The Bertz CT molecular complexity index is 871. The standard InChI is InChI=1S/C13H10N6O3/c20-13-7-6-11(19(21)22)8-17(13)9-12-14-15-16-18(12)10-4-2-1-3-5-10/h1-8H,9H2. The molecule has 9 nitrogen and oxygen atoms in total. The van der Waals surface area contributed by atoms with E-state index in [0.29, 0.717) is 5.82 Å². The molecule has 0 aliphatic carbocycles. The first-order valence-corrected chi connectivity index (χ1v) is 6.33. The van der Waals surface area contributed by atoms with Crippen molar-refractivity contribution in [2.75, 3.05) is 0 Å². The van der Waals surface area contributed by atoms with Crippen molar-refractivity contribution in [2.24, 2.45) is 0 Å². The third kappa shape index (κ3) is 2.59. The van der Waals surface area contributed by atoms with Gasteiger partial charge in [-0.1, -0.05) is 18.2 Å². The van der Waals surface area contributed by atoms with Gasteiger partial charge in [-0.2, -0.15) is 4.68 Å².